The third-order valence-corrected chi connectivity index (χ3v) is 4.36. The van der Waals surface area contributed by atoms with Gasteiger partial charge in [-0.2, -0.15) is 0 Å². The fraction of sp³-hybridized carbons (Fsp3) is 0.444. The van der Waals surface area contributed by atoms with Crippen LogP contribution < -0.4 is 9.47 Å². The van der Waals surface area contributed by atoms with Gasteiger partial charge >= 0.3 is 5.97 Å². The second kappa shape index (κ2) is 10.2. The molecule has 0 aliphatic heterocycles. The Morgan fingerprint density at radius 1 is 1.23 bits per heavy atom. The number of aliphatic hydroxyl groups is 2. The van der Waals surface area contributed by atoms with E-state index >= 15 is 0 Å². The molecule has 0 saturated carbocycles. The zero-order valence-electron chi connectivity index (χ0n) is 15.4. The van der Waals surface area contributed by atoms with Gasteiger partial charge in [0.2, 0.25) is 0 Å². The van der Waals surface area contributed by atoms with Crippen LogP contribution in [-0.2, 0) is 9.53 Å². The Morgan fingerprint density at radius 2 is 1.85 bits per heavy atom. The number of carbonyl (C=O) groups excluding carboxylic acids is 1. The maximum Gasteiger partial charge on any atom is 0.343 e. The normalized spacial score (nSPS) is 13.5. The quantitative estimate of drug-likeness (QED) is 0.285. The van der Waals surface area contributed by atoms with Crippen LogP contribution in [0.4, 0.5) is 0 Å². The molecular formula is C18H24BrNO6. The number of hydrogen-bond acceptors (Lipinski definition) is 7. The molecule has 0 aliphatic rings. The average Bonchev–Trinajstić information content (AvgIpc) is 2.63. The number of hydrogen-bond donors (Lipinski definition) is 2. The van der Waals surface area contributed by atoms with E-state index in [9.17, 15) is 15.0 Å². The van der Waals surface area contributed by atoms with Crippen molar-refractivity contribution in [3.05, 3.63) is 27.7 Å². The summed E-state index contributed by atoms with van der Waals surface area (Å²) in [5.41, 5.74) is 0.110. The molecule has 0 saturated heterocycles. The van der Waals surface area contributed by atoms with Crippen LogP contribution in [0.3, 0.4) is 0 Å². The molecule has 0 amide bonds. The fourth-order valence-corrected chi connectivity index (χ4v) is 2.62. The molecule has 1 aromatic carbocycles. The van der Waals surface area contributed by atoms with Crippen LogP contribution in [0, 0.1) is 5.92 Å². The van der Waals surface area contributed by atoms with Crippen molar-refractivity contribution in [1.82, 2.24) is 0 Å². The van der Waals surface area contributed by atoms with E-state index in [1.54, 1.807) is 12.1 Å². The van der Waals surface area contributed by atoms with Crippen molar-refractivity contribution in [3.63, 3.8) is 0 Å². The molecule has 1 rings (SSSR count). The molecule has 0 aliphatic carbocycles. The van der Waals surface area contributed by atoms with Crippen molar-refractivity contribution in [2.45, 2.75) is 19.9 Å². The van der Waals surface area contributed by atoms with E-state index in [0.717, 1.165) is 0 Å². The molecule has 2 N–H and O–H groups in total. The smallest absolute Gasteiger partial charge is 0.343 e. The molecule has 0 bridgehead atoms. The van der Waals surface area contributed by atoms with E-state index in [1.807, 2.05) is 13.8 Å². The summed E-state index contributed by atoms with van der Waals surface area (Å²) in [6, 6.07) is 2.73. The van der Waals surface area contributed by atoms with Crippen LogP contribution in [0.2, 0.25) is 0 Å². The van der Waals surface area contributed by atoms with Crippen molar-refractivity contribution in [2.75, 3.05) is 27.9 Å². The van der Waals surface area contributed by atoms with Crippen molar-refractivity contribution in [1.29, 1.82) is 0 Å². The Bertz CT molecular complexity index is 699. The molecule has 0 unspecified atom stereocenters. The van der Waals surface area contributed by atoms with Crippen LogP contribution in [0.5, 0.6) is 11.5 Å². The Balaban J connectivity index is 3.52. The maximum absolute atomic E-state index is 12.1. The van der Waals surface area contributed by atoms with E-state index in [-0.39, 0.29) is 29.4 Å². The van der Waals surface area contributed by atoms with E-state index < -0.39 is 12.0 Å². The zero-order valence-corrected chi connectivity index (χ0v) is 17.0. The molecule has 0 fully saturated rings. The van der Waals surface area contributed by atoms with Crippen molar-refractivity contribution in [2.24, 2.45) is 10.9 Å². The first-order valence-corrected chi connectivity index (χ1v) is 8.67. The molecule has 1 aromatic rings. The molecule has 0 heterocycles. The second-order valence-corrected chi connectivity index (χ2v) is 6.57. The molecule has 1 atom stereocenters. The first kappa shape index (κ1) is 22.0. The Kier molecular flexibility index (Phi) is 8.60. The lowest BCUT2D eigenvalue weighted by Crippen LogP contribution is -2.19. The molecule has 0 radical (unpaired) electrons. The van der Waals surface area contributed by atoms with Gasteiger partial charge in [-0.1, -0.05) is 13.8 Å². The van der Waals surface area contributed by atoms with Crippen LogP contribution in [-0.4, -0.2) is 56.4 Å². The van der Waals surface area contributed by atoms with Gasteiger partial charge in [0.05, 0.1) is 44.0 Å². The lowest BCUT2D eigenvalue weighted by atomic mass is 10.1. The Labute approximate surface area is 161 Å². The summed E-state index contributed by atoms with van der Waals surface area (Å²) in [6.07, 6.45) is 1.21. The lowest BCUT2D eigenvalue weighted by molar-refractivity contribution is -0.135. The number of nitrogens with zero attached hydrogens (tertiary/aromatic N) is 1. The summed E-state index contributed by atoms with van der Waals surface area (Å²) < 4.78 is 15.8. The largest absolute Gasteiger partial charge is 0.506 e. The van der Waals surface area contributed by atoms with E-state index in [0.29, 0.717) is 16.0 Å². The summed E-state index contributed by atoms with van der Waals surface area (Å²) in [6.45, 7) is 3.60. The number of halogens is 1. The number of esters is 1. The zero-order chi connectivity index (χ0) is 19.9. The SMILES string of the molecule is COC(=O)C(C=N[C@H](CO)C(C)C)=C(O)c1cc(Br)c(OC)cc1OC. The number of methoxy groups -OCH3 is 3. The molecule has 26 heavy (non-hydrogen) atoms. The van der Waals surface area contributed by atoms with E-state index in [2.05, 4.69) is 20.9 Å². The predicted molar refractivity (Wildman–Crippen MR) is 103 cm³/mol. The van der Waals surface area contributed by atoms with Crippen LogP contribution >= 0.6 is 15.9 Å². The first-order valence-electron chi connectivity index (χ1n) is 7.88. The summed E-state index contributed by atoms with van der Waals surface area (Å²) in [5, 5.41) is 20.1. The van der Waals surface area contributed by atoms with Crippen molar-refractivity contribution < 1.29 is 29.2 Å². The molecule has 8 heteroatoms. The summed E-state index contributed by atoms with van der Waals surface area (Å²) >= 11 is 3.34. The topological polar surface area (TPSA) is 97.6 Å². The van der Waals surface area contributed by atoms with Gasteiger partial charge in [-0.05, 0) is 27.9 Å². The van der Waals surface area contributed by atoms with Crippen LogP contribution in [0.1, 0.15) is 19.4 Å². The van der Waals surface area contributed by atoms with Gasteiger partial charge < -0.3 is 24.4 Å². The third kappa shape index (κ3) is 5.22. The number of ether oxygens (including phenoxy) is 3. The van der Waals surface area contributed by atoms with Crippen LogP contribution in [0.25, 0.3) is 5.76 Å². The van der Waals surface area contributed by atoms with Gasteiger partial charge in [0.15, 0.2) is 0 Å². The van der Waals surface area contributed by atoms with Gasteiger partial charge in [-0.25, -0.2) is 4.79 Å². The monoisotopic (exact) mass is 429 g/mol. The average molecular weight is 430 g/mol. The molecule has 144 valence electrons. The van der Waals surface area contributed by atoms with Crippen molar-refractivity contribution in [3.8, 4) is 11.5 Å². The predicted octanol–water partition coefficient (Wildman–Crippen LogP) is 3.00. The highest BCUT2D eigenvalue weighted by molar-refractivity contribution is 9.10. The van der Waals surface area contributed by atoms with Gasteiger partial charge in [0, 0.05) is 12.3 Å². The highest BCUT2D eigenvalue weighted by Crippen LogP contribution is 2.36. The minimum atomic E-state index is -0.763. The molecule has 0 aromatic heterocycles. The Hall–Kier alpha value is -2.06. The number of aliphatic hydroxyl groups excluding tert-OH is 2. The van der Waals surface area contributed by atoms with Gasteiger partial charge in [0.1, 0.15) is 22.8 Å². The molecular weight excluding hydrogens is 406 g/mol. The summed E-state index contributed by atoms with van der Waals surface area (Å²) in [4.78, 5) is 16.3. The second-order valence-electron chi connectivity index (χ2n) is 5.71. The highest BCUT2D eigenvalue weighted by Gasteiger charge is 2.21. The standard InChI is InChI=1S/C18H24BrNO6/c1-10(2)14(9-21)20-8-12(18(23)26-5)17(22)11-6-13(19)16(25-4)7-15(11)24-3/h6-8,10,14,21-22H,9H2,1-5H3/t14-/m1/s1. The lowest BCUT2D eigenvalue weighted by Gasteiger charge is -2.15. The third-order valence-electron chi connectivity index (χ3n) is 3.74. The minimum absolute atomic E-state index is 0.0574. The minimum Gasteiger partial charge on any atom is -0.506 e. The van der Waals surface area contributed by atoms with Gasteiger partial charge in [-0.3, -0.25) is 4.99 Å². The Morgan fingerprint density at radius 3 is 2.31 bits per heavy atom. The first-order chi connectivity index (χ1) is 12.3. The molecule has 0 spiro atoms. The number of aliphatic imine (C=N–C) groups is 1. The number of benzene rings is 1. The van der Waals surface area contributed by atoms with Gasteiger partial charge in [-0.15, -0.1) is 0 Å². The van der Waals surface area contributed by atoms with Crippen molar-refractivity contribution >= 4 is 33.9 Å². The highest BCUT2D eigenvalue weighted by atomic mass is 79.9. The van der Waals surface area contributed by atoms with E-state index in [4.69, 9.17) is 14.2 Å². The summed E-state index contributed by atoms with van der Waals surface area (Å²) in [7, 11) is 4.14. The molecule has 7 nitrogen and oxygen atoms in total. The summed E-state index contributed by atoms with van der Waals surface area (Å²) in [5.74, 6) is -0.254. The number of rotatable bonds is 8. The maximum atomic E-state index is 12.1. The number of carbonyl (C=O) groups is 1. The van der Waals surface area contributed by atoms with E-state index in [1.165, 1.54) is 27.5 Å². The van der Waals surface area contributed by atoms with Crippen LogP contribution in [0.15, 0.2) is 27.2 Å². The fourth-order valence-electron chi connectivity index (χ4n) is 2.11. The van der Waals surface area contributed by atoms with Gasteiger partial charge in [0.25, 0.3) is 0 Å².